The predicted octanol–water partition coefficient (Wildman–Crippen LogP) is 2.16. The highest BCUT2D eigenvalue weighted by molar-refractivity contribution is 5.83. The molecule has 0 saturated heterocycles. The summed E-state index contributed by atoms with van der Waals surface area (Å²) in [6.45, 7) is 10.4. The average Bonchev–Trinajstić information content (AvgIpc) is 2.64. The van der Waals surface area contributed by atoms with E-state index in [1.807, 2.05) is 39.8 Å². The maximum atomic E-state index is 10.5. The molecule has 12 heavy (non-hydrogen) atoms. The lowest BCUT2D eigenvalue weighted by molar-refractivity contribution is -0.117. The van der Waals surface area contributed by atoms with E-state index in [1.54, 1.807) is 6.92 Å². The highest BCUT2D eigenvalue weighted by Gasteiger charge is 2.11. The number of nitrogens with one attached hydrogen (secondary N) is 1. The summed E-state index contributed by atoms with van der Waals surface area (Å²) in [5, 5.41) is 3.00. The zero-order valence-corrected chi connectivity index (χ0v) is 8.85. The molecule has 1 N–H and O–H groups in total. The molecule has 0 aromatic rings. The minimum atomic E-state index is -0.00463. The van der Waals surface area contributed by atoms with Gasteiger partial charge in [-0.2, -0.15) is 0 Å². The minimum Gasteiger partial charge on any atom is -0.301 e. The molecule has 72 valence electrons. The Bertz CT molecular complexity index is 130. The Labute approximate surface area is 76.1 Å². The van der Waals surface area contributed by atoms with E-state index in [9.17, 15) is 4.79 Å². The molecule has 2 heteroatoms. The molecule has 0 saturated carbocycles. The first kappa shape index (κ1) is 13.9. The van der Waals surface area contributed by atoms with Gasteiger partial charge in [0.05, 0.1) is 6.04 Å². The lowest BCUT2D eigenvalue weighted by atomic mass is 10.2. The van der Waals surface area contributed by atoms with Crippen molar-refractivity contribution in [1.82, 2.24) is 5.32 Å². The molecule has 1 rings (SSSR count). The van der Waals surface area contributed by atoms with Crippen LogP contribution in [0.3, 0.4) is 0 Å². The van der Waals surface area contributed by atoms with Crippen molar-refractivity contribution in [2.75, 3.05) is 6.54 Å². The molecule has 2 nitrogen and oxygen atoms in total. The first-order chi connectivity index (χ1) is 5.80. The number of hydrogen-bond donors (Lipinski definition) is 1. The normalized spacial score (nSPS) is 18.6. The zero-order valence-electron chi connectivity index (χ0n) is 8.85. The fraction of sp³-hybridized carbons (Fsp3) is 0.700. The Morgan fingerprint density at radius 2 is 1.83 bits per heavy atom. The second-order valence-electron chi connectivity index (χ2n) is 1.92. The van der Waals surface area contributed by atoms with Crippen LogP contribution in [-0.2, 0) is 4.79 Å². The molecule has 1 aliphatic heterocycles. The highest BCUT2D eigenvalue weighted by Crippen LogP contribution is 1.94. The van der Waals surface area contributed by atoms with Gasteiger partial charge in [0, 0.05) is 6.54 Å². The molecule has 1 heterocycles. The molecule has 1 aliphatic rings. The summed E-state index contributed by atoms with van der Waals surface area (Å²) in [7, 11) is 0. The smallest absolute Gasteiger partial charge is 0.150 e. The number of Topliss-reactive ketones (excluding diaryl/α,β-unsaturated/α-hetero) is 1. The maximum absolute atomic E-state index is 10.5. The number of carbonyl (C=O) groups is 1. The van der Waals surface area contributed by atoms with E-state index in [2.05, 4.69) is 5.32 Å². The van der Waals surface area contributed by atoms with Gasteiger partial charge in [-0.05, 0) is 6.92 Å². The fourth-order valence-electron chi connectivity index (χ4n) is 0.746. The lowest BCUT2D eigenvalue weighted by Gasteiger charge is -2.00. The number of hydrogen-bond acceptors (Lipinski definition) is 2. The molecule has 0 spiro atoms. The van der Waals surface area contributed by atoms with Gasteiger partial charge >= 0.3 is 0 Å². The van der Waals surface area contributed by atoms with E-state index >= 15 is 0 Å². The van der Waals surface area contributed by atoms with E-state index in [0.717, 1.165) is 6.54 Å². The third-order valence-corrected chi connectivity index (χ3v) is 1.22. The molecule has 0 radical (unpaired) electrons. The summed E-state index contributed by atoms with van der Waals surface area (Å²) >= 11 is 0. The van der Waals surface area contributed by atoms with Crippen LogP contribution in [0.15, 0.2) is 12.2 Å². The van der Waals surface area contributed by atoms with Crippen LogP contribution < -0.4 is 5.32 Å². The van der Waals surface area contributed by atoms with Crippen LogP contribution in [0.2, 0.25) is 0 Å². The molecule has 0 aliphatic carbocycles. The first-order valence-electron chi connectivity index (χ1n) is 4.71. The van der Waals surface area contributed by atoms with Gasteiger partial charge in [-0.25, -0.2) is 0 Å². The van der Waals surface area contributed by atoms with E-state index < -0.39 is 0 Å². The van der Waals surface area contributed by atoms with Gasteiger partial charge in [-0.3, -0.25) is 4.79 Å². The Balaban J connectivity index is 0. The Kier molecular flexibility index (Phi) is 12.0. The van der Waals surface area contributed by atoms with Crippen LogP contribution in [0.5, 0.6) is 0 Å². The van der Waals surface area contributed by atoms with Crippen molar-refractivity contribution >= 4 is 5.78 Å². The zero-order chi connectivity index (χ0) is 9.98. The Morgan fingerprint density at radius 3 is 2.00 bits per heavy atom. The summed E-state index contributed by atoms with van der Waals surface area (Å²) in [6.07, 6.45) is 3.86. The van der Waals surface area contributed by atoms with Crippen molar-refractivity contribution in [3.8, 4) is 0 Å². The Hall–Kier alpha value is -0.630. The van der Waals surface area contributed by atoms with Crippen molar-refractivity contribution in [2.24, 2.45) is 0 Å². The number of ketones is 1. The van der Waals surface area contributed by atoms with Crippen molar-refractivity contribution < 1.29 is 4.79 Å². The molecule has 0 bridgehead atoms. The summed E-state index contributed by atoms with van der Waals surface area (Å²) in [5.74, 6) is 0.193. The molecule has 0 aromatic heterocycles. The Morgan fingerprint density at radius 1 is 1.33 bits per heavy atom. The van der Waals surface area contributed by atoms with Crippen LogP contribution in [0.4, 0.5) is 0 Å². The van der Waals surface area contributed by atoms with Gasteiger partial charge in [-0.15, -0.1) is 0 Å². The summed E-state index contributed by atoms with van der Waals surface area (Å²) in [5.41, 5.74) is 0. The molecular weight excluding hydrogens is 150 g/mol. The number of carbonyl (C=O) groups excluding carboxylic acids is 1. The van der Waals surface area contributed by atoms with Crippen LogP contribution in [0, 0.1) is 0 Å². The van der Waals surface area contributed by atoms with E-state index in [-0.39, 0.29) is 11.8 Å². The minimum absolute atomic E-state index is 0.00463. The predicted molar refractivity (Wildman–Crippen MR) is 54.3 cm³/mol. The van der Waals surface area contributed by atoms with Crippen molar-refractivity contribution in [1.29, 1.82) is 0 Å². The van der Waals surface area contributed by atoms with Crippen LogP contribution in [-0.4, -0.2) is 18.4 Å². The summed E-state index contributed by atoms with van der Waals surface area (Å²) in [6, 6.07) is -0.00463. The van der Waals surface area contributed by atoms with Crippen LogP contribution in [0.25, 0.3) is 0 Å². The van der Waals surface area contributed by atoms with Gasteiger partial charge in [0.25, 0.3) is 0 Å². The van der Waals surface area contributed by atoms with Gasteiger partial charge in [-0.1, -0.05) is 39.8 Å². The van der Waals surface area contributed by atoms with E-state index in [1.165, 1.54) is 0 Å². The fourth-order valence-corrected chi connectivity index (χ4v) is 0.746. The van der Waals surface area contributed by atoms with Crippen molar-refractivity contribution in [3.63, 3.8) is 0 Å². The topological polar surface area (TPSA) is 29.1 Å². The van der Waals surface area contributed by atoms with Crippen molar-refractivity contribution in [2.45, 2.75) is 40.7 Å². The van der Waals surface area contributed by atoms with Gasteiger partial charge < -0.3 is 5.32 Å². The average molecular weight is 171 g/mol. The molecule has 1 atom stereocenters. The SMILES string of the molecule is CC.CC.CC(=O)C1C=CCN1. The maximum Gasteiger partial charge on any atom is 0.150 e. The molecule has 1 unspecified atom stereocenters. The molecule has 0 aromatic carbocycles. The molecule has 0 fully saturated rings. The number of rotatable bonds is 1. The summed E-state index contributed by atoms with van der Waals surface area (Å²) in [4.78, 5) is 10.5. The van der Waals surface area contributed by atoms with Crippen LogP contribution >= 0.6 is 0 Å². The van der Waals surface area contributed by atoms with E-state index in [4.69, 9.17) is 0 Å². The molecular formula is C10H21NO. The largest absolute Gasteiger partial charge is 0.301 e. The van der Waals surface area contributed by atoms with Gasteiger partial charge in [0.15, 0.2) is 5.78 Å². The second kappa shape index (κ2) is 10.4. The highest BCUT2D eigenvalue weighted by atomic mass is 16.1. The van der Waals surface area contributed by atoms with Crippen molar-refractivity contribution in [3.05, 3.63) is 12.2 Å². The van der Waals surface area contributed by atoms with Gasteiger partial charge in [0.2, 0.25) is 0 Å². The second-order valence-corrected chi connectivity index (χ2v) is 1.92. The molecule has 0 amide bonds. The van der Waals surface area contributed by atoms with Gasteiger partial charge in [0.1, 0.15) is 0 Å². The van der Waals surface area contributed by atoms with E-state index in [0.29, 0.717) is 0 Å². The lowest BCUT2D eigenvalue weighted by Crippen LogP contribution is -2.28. The third kappa shape index (κ3) is 6.10. The third-order valence-electron chi connectivity index (χ3n) is 1.22. The van der Waals surface area contributed by atoms with Crippen LogP contribution in [0.1, 0.15) is 34.6 Å². The monoisotopic (exact) mass is 171 g/mol. The standard InChI is InChI=1S/C6H9NO.2C2H6/c1-5(8)6-3-2-4-7-6;2*1-2/h2-3,6-7H,4H2,1H3;2*1-2H3. The quantitative estimate of drug-likeness (QED) is 0.612. The first-order valence-corrected chi connectivity index (χ1v) is 4.71. The summed E-state index contributed by atoms with van der Waals surface area (Å²) < 4.78 is 0.